The Morgan fingerprint density at radius 2 is 1.97 bits per heavy atom. The van der Waals surface area contributed by atoms with Crippen molar-refractivity contribution in [3.8, 4) is 0 Å². The highest BCUT2D eigenvalue weighted by Gasteiger charge is 2.39. The molecule has 1 unspecified atom stereocenters. The Bertz CT molecular complexity index is 1030. The Labute approximate surface area is 178 Å². The standard InChI is InChI=1S/C20H24N8O3/c29-17-4-3-16(18(30)23-17)27-11-13-9-12(1-2-15(13)19(27)31)10-22-20-24-25-26-28(20)14-5-7-21-8-6-14/h1-2,9,14,16,21H,3-8,10-11H2,(H,22,24,26)(H,23,29,30). The minimum absolute atomic E-state index is 0.168. The van der Waals surface area contributed by atoms with Crippen molar-refractivity contribution in [1.82, 2.24) is 35.7 Å². The van der Waals surface area contributed by atoms with Crippen molar-refractivity contribution in [3.63, 3.8) is 0 Å². The second kappa shape index (κ2) is 8.06. The predicted octanol–water partition coefficient (Wildman–Crippen LogP) is -0.0293. The number of anilines is 1. The van der Waals surface area contributed by atoms with E-state index in [1.165, 1.54) is 0 Å². The molecule has 0 saturated carbocycles. The number of tetrazole rings is 1. The lowest BCUT2D eigenvalue weighted by molar-refractivity contribution is -0.136. The van der Waals surface area contributed by atoms with Crippen LogP contribution in [0.5, 0.6) is 0 Å². The van der Waals surface area contributed by atoms with E-state index in [0.717, 1.165) is 37.1 Å². The number of nitrogens with zero attached hydrogens (tertiary/aromatic N) is 5. The lowest BCUT2D eigenvalue weighted by atomic mass is 10.0. The molecule has 162 valence electrons. The Balaban J connectivity index is 1.26. The first-order valence-corrected chi connectivity index (χ1v) is 10.6. The predicted molar refractivity (Wildman–Crippen MR) is 109 cm³/mol. The van der Waals surface area contributed by atoms with E-state index in [-0.39, 0.29) is 24.3 Å². The lowest BCUT2D eigenvalue weighted by Gasteiger charge is -2.29. The molecule has 1 aromatic heterocycles. The van der Waals surface area contributed by atoms with E-state index < -0.39 is 11.9 Å². The number of hydrogen-bond acceptors (Lipinski definition) is 8. The van der Waals surface area contributed by atoms with E-state index in [0.29, 0.717) is 31.0 Å². The smallest absolute Gasteiger partial charge is 0.255 e. The second-order valence-electron chi connectivity index (χ2n) is 8.17. The average molecular weight is 424 g/mol. The Kier molecular flexibility index (Phi) is 5.10. The molecular weight excluding hydrogens is 400 g/mol. The minimum atomic E-state index is -0.603. The van der Waals surface area contributed by atoms with Crippen LogP contribution in [0, 0.1) is 0 Å². The number of carbonyl (C=O) groups excluding carboxylic acids is 3. The van der Waals surface area contributed by atoms with Gasteiger partial charge in [-0.05, 0) is 60.0 Å². The Morgan fingerprint density at radius 1 is 1.13 bits per heavy atom. The normalized spacial score (nSPS) is 21.9. The number of nitrogens with one attached hydrogen (secondary N) is 3. The van der Waals surface area contributed by atoms with Gasteiger partial charge in [0.2, 0.25) is 17.8 Å². The molecule has 0 aliphatic carbocycles. The van der Waals surface area contributed by atoms with Gasteiger partial charge in [-0.25, -0.2) is 4.68 Å². The van der Waals surface area contributed by atoms with E-state index in [1.54, 1.807) is 11.0 Å². The number of rotatable bonds is 5. The number of imide groups is 1. The van der Waals surface area contributed by atoms with Crippen LogP contribution in [-0.2, 0) is 22.7 Å². The van der Waals surface area contributed by atoms with Gasteiger partial charge in [-0.2, -0.15) is 0 Å². The van der Waals surface area contributed by atoms with Crippen LogP contribution in [0.1, 0.15) is 53.2 Å². The summed E-state index contributed by atoms with van der Waals surface area (Å²) in [5.74, 6) is -0.220. The highest BCUT2D eigenvalue weighted by Crippen LogP contribution is 2.28. The van der Waals surface area contributed by atoms with Gasteiger partial charge < -0.3 is 15.5 Å². The number of hydrogen-bond donors (Lipinski definition) is 3. The summed E-state index contributed by atoms with van der Waals surface area (Å²) in [6, 6.07) is 5.35. The van der Waals surface area contributed by atoms with Crippen molar-refractivity contribution < 1.29 is 14.4 Å². The average Bonchev–Trinajstić information content (AvgIpc) is 3.37. The summed E-state index contributed by atoms with van der Waals surface area (Å²) in [7, 11) is 0. The van der Waals surface area contributed by atoms with Gasteiger partial charge in [-0.15, -0.1) is 0 Å². The van der Waals surface area contributed by atoms with Gasteiger partial charge in [0.15, 0.2) is 0 Å². The fraction of sp³-hybridized carbons (Fsp3) is 0.500. The van der Waals surface area contributed by atoms with Crippen molar-refractivity contribution in [2.45, 2.75) is 50.9 Å². The number of amides is 3. The molecule has 0 bridgehead atoms. The first-order valence-electron chi connectivity index (χ1n) is 10.6. The maximum Gasteiger partial charge on any atom is 0.255 e. The zero-order chi connectivity index (χ0) is 21.4. The van der Waals surface area contributed by atoms with Crippen molar-refractivity contribution in [1.29, 1.82) is 0 Å². The molecule has 31 heavy (non-hydrogen) atoms. The van der Waals surface area contributed by atoms with E-state index in [1.807, 2.05) is 16.8 Å². The van der Waals surface area contributed by atoms with Gasteiger partial charge in [0, 0.05) is 25.1 Å². The first-order chi connectivity index (χ1) is 15.1. The van der Waals surface area contributed by atoms with Crippen LogP contribution in [0.2, 0.25) is 0 Å². The summed E-state index contributed by atoms with van der Waals surface area (Å²) in [6.07, 6.45) is 2.57. The van der Waals surface area contributed by atoms with E-state index in [4.69, 9.17) is 0 Å². The molecule has 1 aromatic carbocycles. The zero-order valence-corrected chi connectivity index (χ0v) is 17.0. The Hall–Kier alpha value is -3.34. The maximum absolute atomic E-state index is 12.8. The molecule has 1 atom stereocenters. The van der Waals surface area contributed by atoms with Crippen molar-refractivity contribution >= 4 is 23.7 Å². The SMILES string of the molecule is O=C1CCC(N2Cc3cc(CNc4nnnn4C4CCNCC4)ccc3C2=O)C(=O)N1. The molecule has 3 aliphatic heterocycles. The van der Waals surface area contributed by atoms with E-state index >= 15 is 0 Å². The van der Waals surface area contributed by atoms with Crippen LogP contribution in [0.25, 0.3) is 0 Å². The molecule has 2 fully saturated rings. The highest BCUT2D eigenvalue weighted by molar-refractivity contribution is 6.05. The van der Waals surface area contributed by atoms with Crippen LogP contribution in [0.4, 0.5) is 5.95 Å². The summed E-state index contributed by atoms with van der Waals surface area (Å²) in [4.78, 5) is 38.0. The van der Waals surface area contributed by atoms with E-state index in [2.05, 4.69) is 31.5 Å². The van der Waals surface area contributed by atoms with Crippen LogP contribution < -0.4 is 16.0 Å². The number of carbonyl (C=O) groups is 3. The second-order valence-corrected chi connectivity index (χ2v) is 8.17. The molecule has 11 nitrogen and oxygen atoms in total. The molecule has 0 spiro atoms. The van der Waals surface area contributed by atoms with Crippen molar-refractivity contribution in [2.75, 3.05) is 18.4 Å². The van der Waals surface area contributed by atoms with E-state index in [9.17, 15) is 14.4 Å². The molecule has 3 N–H and O–H groups in total. The molecule has 2 saturated heterocycles. The molecule has 4 heterocycles. The summed E-state index contributed by atoms with van der Waals surface area (Å²) in [5, 5.41) is 21.0. The monoisotopic (exact) mass is 424 g/mol. The van der Waals surface area contributed by atoms with Gasteiger partial charge >= 0.3 is 0 Å². The minimum Gasteiger partial charge on any atom is -0.349 e. The summed E-state index contributed by atoms with van der Waals surface area (Å²) >= 11 is 0. The summed E-state index contributed by atoms with van der Waals surface area (Å²) in [6.45, 7) is 2.78. The number of benzene rings is 1. The zero-order valence-electron chi connectivity index (χ0n) is 17.0. The van der Waals surface area contributed by atoms with Crippen molar-refractivity contribution in [2.24, 2.45) is 0 Å². The van der Waals surface area contributed by atoms with Crippen LogP contribution >= 0.6 is 0 Å². The lowest BCUT2D eigenvalue weighted by Crippen LogP contribution is -2.52. The topological polar surface area (TPSA) is 134 Å². The van der Waals surface area contributed by atoms with Gasteiger partial charge in [-0.3, -0.25) is 19.7 Å². The highest BCUT2D eigenvalue weighted by atomic mass is 16.2. The summed E-state index contributed by atoms with van der Waals surface area (Å²) < 4.78 is 1.85. The van der Waals surface area contributed by atoms with Crippen molar-refractivity contribution in [3.05, 3.63) is 34.9 Å². The fourth-order valence-electron chi connectivity index (χ4n) is 4.53. The van der Waals surface area contributed by atoms with Gasteiger partial charge in [0.05, 0.1) is 6.04 Å². The first kappa shape index (κ1) is 19.6. The van der Waals surface area contributed by atoms with Gasteiger partial charge in [0.25, 0.3) is 5.91 Å². The molecule has 0 radical (unpaired) electrons. The van der Waals surface area contributed by atoms with Crippen LogP contribution in [0.15, 0.2) is 18.2 Å². The molecule has 11 heteroatoms. The van der Waals surface area contributed by atoms with Gasteiger partial charge in [0.1, 0.15) is 6.04 Å². The van der Waals surface area contributed by atoms with Gasteiger partial charge in [-0.1, -0.05) is 17.2 Å². The molecule has 3 amide bonds. The number of fused-ring (bicyclic) bond motifs is 1. The molecule has 5 rings (SSSR count). The Morgan fingerprint density at radius 3 is 2.77 bits per heavy atom. The summed E-state index contributed by atoms with van der Waals surface area (Å²) in [5.41, 5.74) is 2.48. The quantitative estimate of drug-likeness (QED) is 0.570. The van der Waals surface area contributed by atoms with Crippen LogP contribution in [-0.4, -0.2) is 62.0 Å². The third-order valence-corrected chi connectivity index (χ3v) is 6.19. The fourth-order valence-corrected chi connectivity index (χ4v) is 4.53. The molecule has 2 aromatic rings. The third-order valence-electron chi connectivity index (χ3n) is 6.19. The molecule has 3 aliphatic rings. The number of aromatic nitrogens is 4. The third kappa shape index (κ3) is 3.76. The molecular formula is C20H24N8O3. The van der Waals surface area contributed by atoms with Crippen LogP contribution in [0.3, 0.4) is 0 Å². The number of piperidine rings is 2. The maximum atomic E-state index is 12.8. The largest absolute Gasteiger partial charge is 0.349 e.